The molecule has 1 heterocycles. The highest BCUT2D eigenvalue weighted by Gasteiger charge is 2.14. The first-order chi connectivity index (χ1) is 6.56. The van der Waals surface area contributed by atoms with E-state index >= 15 is 0 Å². The van der Waals surface area contributed by atoms with Crippen LogP contribution in [0.25, 0.3) is 11.0 Å². The van der Waals surface area contributed by atoms with Crippen molar-refractivity contribution in [1.29, 1.82) is 0 Å². The molecule has 0 aliphatic heterocycles. The number of benzene rings is 1. The monoisotopic (exact) mass is 190 g/mol. The van der Waals surface area contributed by atoms with Gasteiger partial charge in [0.2, 0.25) is 0 Å². The Morgan fingerprint density at radius 3 is 2.93 bits per heavy atom. The number of hydrogen-bond donors (Lipinski definition) is 1. The van der Waals surface area contributed by atoms with Gasteiger partial charge in [-0.2, -0.15) is 0 Å². The van der Waals surface area contributed by atoms with Crippen molar-refractivity contribution >= 4 is 11.0 Å². The van der Waals surface area contributed by atoms with Gasteiger partial charge in [0.1, 0.15) is 0 Å². The van der Waals surface area contributed by atoms with E-state index in [9.17, 15) is 0 Å². The second kappa shape index (κ2) is 3.10. The Balaban J connectivity index is 2.46. The minimum Gasteiger partial charge on any atom is -0.356 e. The van der Waals surface area contributed by atoms with Crippen LogP contribution in [-0.2, 0) is 6.42 Å². The zero-order chi connectivity index (χ0) is 10.2. The number of nitrogens with two attached hydrogens (primary N) is 1. The Morgan fingerprint density at radius 1 is 1.43 bits per heavy atom. The van der Waals surface area contributed by atoms with E-state index < -0.39 is 0 Å². The van der Waals surface area contributed by atoms with Gasteiger partial charge in [-0.25, -0.2) is 0 Å². The molecule has 0 saturated heterocycles. The Morgan fingerprint density at radius 2 is 2.21 bits per heavy atom. The van der Waals surface area contributed by atoms with E-state index in [0.717, 1.165) is 17.4 Å². The van der Waals surface area contributed by atoms with Crippen LogP contribution in [0.15, 0.2) is 28.9 Å². The quantitative estimate of drug-likeness (QED) is 0.789. The molecule has 1 aromatic carbocycles. The lowest BCUT2D eigenvalue weighted by molar-refractivity contribution is 0.456. The molecular weight excluding hydrogens is 176 g/mol. The van der Waals surface area contributed by atoms with Gasteiger partial charge in [0.05, 0.1) is 6.20 Å². The average Bonchev–Trinajstić information content (AvgIpc) is 2.49. The lowest BCUT2D eigenvalue weighted by Gasteiger charge is -2.18. The van der Waals surface area contributed by atoms with Crippen molar-refractivity contribution in [2.75, 3.05) is 0 Å². The molecule has 0 spiro atoms. The molecular formula is C11H14N2O. The van der Waals surface area contributed by atoms with Crippen molar-refractivity contribution in [2.45, 2.75) is 25.8 Å². The van der Waals surface area contributed by atoms with Gasteiger partial charge in [0.15, 0.2) is 5.58 Å². The summed E-state index contributed by atoms with van der Waals surface area (Å²) in [6, 6.07) is 5.94. The second-order valence-corrected chi connectivity index (χ2v) is 4.32. The maximum Gasteiger partial charge on any atom is 0.167 e. The lowest BCUT2D eigenvalue weighted by atomic mass is 9.94. The summed E-state index contributed by atoms with van der Waals surface area (Å²) >= 11 is 0. The SMILES string of the molecule is CC(C)(N)Cc1cccc2oncc12. The van der Waals surface area contributed by atoms with Gasteiger partial charge < -0.3 is 10.3 Å². The highest BCUT2D eigenvalue weighted by molar-refractivity contribution is 5.79. The van der Waals surface area contributed by atoms with Crippen molar-refractivity contribution in [2.24, 2.45) is 5.73 Å². The molecule has 0 aliphatic carbocycles. The normalized spacial score (nSPS) is 12.2. The zero-order valence-corrected chi connectivity index (χ0v) is 8.45. The third kappa shape index (κ3) is 1.77. The smallest absolute Gasteiger partial charge is 0.167 e. The maximum absolute atomic E-state index is 5.98. The van der Waals surface area contributed by atoms with Gasteiger partial charge in [-0.15, -0.1) is 0 Å². The molecule has 14 heavy (non-hydrogen) atoms. The Labute approximate surface area is 82.9 Å². The summed E-state index contributed by atoms with van der Waals surface area (Å²) in [5.41, 5.74) is 7.79. The molecule has 0 radical (unpaired) electrons. The van der Waals surface area contributed by atoms with E-state index in [0.29, 0.717) is 0 Å². The van der Waals surface area contributed by atoms with Crippen molar-refractivity contribution < 1.29 is 4.52 Å². The minimum atomic E-state index is -0.203. The molecule has 0 saturated carbocycles. The molecule has 1 aromatic heterocycles. The second-order valence-electron chi connectivity index (χ2n) is 4.32. The van der Waals surface area contributed by atoms with E-state index in [1.807, 2.05) is 26.0 Å². The van der Waals surface area contributed by atoms with Crippen molar-refractivity contribution in [3.8, 4) is 0 Å². The summed E-state index contributed by atoms with van der Waals surface area (Å²) in [7, 11) is 0. The summed E-state index contributed by atoms with van der Waals surface area (Å²) < 4.78 is 5.08. The van der Waals surface area contributed by atoms with Gasteiger partial charge in [-0.1, -0.05) is 17.3 Å². The molecule has 0 unspecified atom stereocenters. The predicted molar refractivity (Wildman–Crippen MR) is 56.0 cm³/mol. The van der Waals surface area contributed by atoms with Crippen LogP contribution in [0.4, 0.5) is 0 Å². The minimum absolute atomic E-state index is 0.203. The topological polar surface area (TPSA) is 52.0 Å². The van der Waals surface area contributed by atoms with Crippen LogP contribution >= 0.6 is 0 Å². The number of rotatable bonds is 2. The largest absolute Gasteiger partial charge is 0.356 e. The standard InChI is InChI=1S/C11H14N2O/c1-11(2,12)6-8-4-3-5-10-9(8)7-13-14-10/h3-5,7H,6,12H2,1-2H3. The third-order valence-corrected chi connectivity index (χ3v) is 2.14. The molecule has 2 aromatic rings. The number of aromatic nitrogens is 1. The Kier molecular flexibility index (Phi) is 2.04. The average molecular weight is 190 g/mol. The van der Waals surface area contributed by atoms with Crippen LogP contribution in [-0.4, -0.2) is 10.7 Å². The maximum atomic E-state index is 5.98. The molecule has 3 nitrogen and oxygen atoms in total. The molecule has 3 heteroatoms. The molecule has 0 bridgehead atoms. The van der Waals surface area contributed by atoms with Crippen LogP contribution < -0.4 is 5.73 Å². The molecule has 0 amide bonds. The van der Waals surface area contributed by atoms with Crippen molar-refractivity contribution in [1.82, 2.24) is 5.16 Å². The summed E-state index contributed by atoms with van der Waals surface area (Å²) in [6.45, 7) is 4.03. The third-order valence-electron chi connectivity index (χ3n) is 2.14. The fourth-order valence-electron chi connectivity index (χ4n) is 1.60. The summed E-state index contributed by atoms with van der Waals surface area (Å²) in [5, 5.41) is 4.84. The van der Waals surface area contributed by atoms with Gasteiger partial charge in [0.25, 0.3) is 0 Å². The van der Waals surface area contributed by atoms with Crippen LogP contribution in [0.2, 0.25) is 0 Å². The molecule has 74 valence electrons. The van der Waals surface area contributed by atoms with Crippen LogP contribution in [0, 0.1) is 0 Å². The Hall–Kier alpha value is -1.35. The highest BCUT2D eigenvalue weighted by Crippen LogP contribution is 2.21. The molecule has 0 aliphatic rings. The molecule has 2 rings (SSSR count). The zero-order valence-electron chi connectivity index (χ0n) is 8.45. The molecule has 0 fully saturated rings. The van der Waals surface area contributed by atoms with Crippen molar-refractivity contribution in [3.63, 3.8) is 0 Å². The lowest BCUT2D eigenvalue weighted by Crippen LogP contribution is -2.34. The summed E-state index contributed by atoms with van der Waals surface area (Å²) in [4.78, 5) is 0. The fraction of sp³-hybridized carbons (Fsp3) is 0.364. The van der Waals surface area contributed by atoms with E-state index in [1.54, 1.807) is 6.20 Å². The summed E-state index contributed by atoms with van der Waals surface area (Å²) in [5.74, 6) is 0. The van der Waals surface area contributed by atoms with Crippen LogP contribution in [0.3, 0.4) is 0 Å². The first kappa shape index (κ1) is 9.21. The first-order valence-corrected chi connectivity index (χ1v) is 4.67. The molecule has 0 atom stereocenters. The highest BCUT2D eigenvalue weighted by atomic mass is 16.5. The van der Waals surface area contributed by atoms with E-state index in [4.69, 9.17) is 10.3 Å². The molecule has 2 N–H and O–H groups in total. The van der Waals surface area contributed by atoms with Gasteiger partial charge in [0, 0.05) is 10.9 Å². The van der Waals surface area contributed by atoms with E-state index in [2.05, 4.69) is 11.2 Å². The first-order valence-electron chi connectivity index (χ1n) is 4.67. The Bertz CT molecular complexity index is 440. The van der Waals surface area contributed by atoms with E-state index in [1.165, 1.54) is 5.56 Å². The number of hydrogen-bond acceptors (Lipinski definition) is 3. The van der Waals surface area contributed by atoms with E-state index in [-0.39, 0.29) is 5.54 Å². The summed E-state index contributed by atoms with van der Waals surface area (Å²) in [6.07, 6.45) is 2.57. The van der Waals surface area contributed by atoms with Crippen LogP contribution in [0.5, 0.6) is 0 Å². The fourth-order valence-corrected chi connectivity index (χ4v) is 1.60. The van der Waals surface area contributed by atoms with Crippen LogP contribution in [0.1, 0.15) is 19.4 Å². The van der Waals surface area contributed by atoms with Gasteiger partial charge >= 0.3 is 0 Å². The van der Waals surface area contributed by atoms with Gasteiger partial charge in [-0.05, 0) is 31.9 Å². The number of fused-ring (bicyclic) bond motifs is 1. The van der Waals surface area contributed by atoms with Crippen molar-refractivity contribution in [3.05, 3.63) is 30.0 Å². The van der Waals surface area contributed by atoms with Gasteiger partial charge in [-0.3, -0.25) is 0 Å². The predicted octanol–water partition coefficient (Wildman–Crippen LogP) is 2.11. The number of nitrogens with zero attached hydrogens (tertiary/aromatic N) is 1.